The molecule has 16 heavy (non-hydrogen) atoms. The highest BCUT2D eigenvalue weighted by Crippen LogP contribution is 2.23. The van der Waals surface area contributed by atoms with Crippen LogP contribution in [0.15, 0.2) is 40.2 Å². The number of halogens is 1. The fraction of sp³-hybridized carbons (Fsp3) is 0.167. The van der Waals surface area contributed by atoms with Crippen LogP contribution in [0.1, 0.15) is 10.4 Å². The Morgan fingerprint density at radius 2 is 1.88 bits per heavy atom. The van der Waals surface area contributed by atoms with Crippen LogP contribution < -0.4 is 5.73 Å². The zero-order valence-corrected chi connectivity index (χ0v) is 11.1. The molecule has 0 bridgehead atoms. The normalized spacial score (nSPS) is 10.6. The third-order valence-corrected chi connectivity index (χ3v) is 4.07. The minimum absolute atomic E-state index is 0.616. The summed E-state index contributed by atoms with van der Waals surface area (Å²) < 4.78 is 6.74. The van der Waals surface area contributed by atoms with Crippen molar-refractivity contribution in [2.45, 2.75) is 13.2 Å². The van der Waals surface area contributed by atoms with E-state index in [0.717, 1.165) is 15.7 Å². The molecule has 0 aliphatic rings. The lowest BCUT2D eigenvalue weighted by Crippen LogP contribution is -1.93. The van der Waals surface area contributed by atoms with Crippen molar-refractivity contribution in [1.29, 1.82) is 0 Å². The molecule has 0 radical (unpaired) electrons. The molecule has 0 unspecified atom stereocenters. The van der Waals surface area contributed by atoms with Crippen molar-refractivity contribution in [2.24, 2.45) is 0 Å². The Kier molecular flexibility index (Phi) is 3.98. The highest BCUT2D eigenvalue weighted by Gasteiger charge is 2.01. The summed E-state index contributed by atoms with van der Waals surface area (Å²) in [6.07, 6.45) is 0. The number of nitrogens with two attached hydrogens (primary N) is 1. The van der Waals surface area contributed by atoms with Crippen molar-refractivity contribution in [1.82, 2.24) is 0 Å². The van der Waals surface area contributed by atoms with E-state index in [4.69, 9.17) is 10.5 Å². The largest absolute Gasteiger partial charge is 0.399 e. The van der Waals surface area contributed by atoms with Gasteiger partial charge in [-0.25, -0.2) is 0 Å². The second-order valence-electron chi connectivity index (χ2n) is 3.43. The van der Waals surface area contributed by atoms with Crippen LogP contribution in [-0.4, -0.2) is 0 Å². The van der Waals surface area contributed by atoms with E-state index >= 15 is 0 Å². The standard InChI is InChI=1S/C12H12BrNOS/c13-11-5-6-16-12(11)8-15-7-9-1-3-10(14)4-2-9/h1-6H,7-8,14H2. The molecule has 84 valence electrons. The number of nitrogen functional groups attached to an aromatic ring is 1. The first-order valence-electron chi connectivity index (χ1n) is 4.90. The Balaban J connectivity index is 1.84. The molecule has 0 aliphatic heterocycles. The Labute approximate surface area is 107 Å². The topological polar surface area (TPSA) is 35.2 Å². The van der Waals surface area contributed by atoms with Crippen molar-refractivity contribution < 1.29 is 4.74 Å². The molecule has 0 aliphatic carbocycles. The van der Waals surface area contributed by atoms with Crippen LogP contribution in [-0.2, 0) is 18.0 Å². The van der Waals surface area contributed by atoms with Crippen molar-refractivity contribution in [2.75, 3.05) is 5.73 Å². The highest BCUT2D eigenvalue weighted by atomic mass is 79.9. The summed E-state index contributed by atoms with van der Waals surface area (Å²) >= 11 is 5.17. The number of ether oxygens (including phenoxy) is 1. The Morgan fingerprint density at radius 1 is 1.12 bits per heavy atom. The molecule has 0 fully saturated rings. The van der Waals surface area contributed by atoms with Gasteiger partial charge < -0.3 is 10.5 Å². The summed E-state index contributed by atoms with van der Waals surface area (Å²) in [5.74, 6) is 0. The molecule has 2 aromatic rings. The van der Waals surface area contributed by atoms with Crippen LogP contribution in [0, 0.1) is 0 Å². The summed E-state index contributed by atoms with van der Waals surface area (Å²) in [7, 11) is 0. The van der Waals surface area contributed by atoms with Crippen molar-refractivity contribution >= 4 is 33.0 Å². The Bertz CT molecular complexity index is 452. The average molecular weight is 298 g/mol. The van der Waals surface area contributed by atoms with Gasteiger partial charge in [0.15, 0.2) is 0 Å². The van der Waals surface area contributed by atoms with Crippen LogP contribution in [0.25, 0.3) is 0 Å². The van der Waals surface area contributed by atoms with Gasteiger partial charge in [-0.3, -0.25) is 0 Å². The van der Waals surface area contributed by atoms with E-state index in [-0.39, 0.29) is 0 Å². The van der Waals surface area contributed by atoms with Crippen molar-refractivity contribution in [3.8, 4) is 0 Å². The Morgan fingerprint density at radius 3 is 2.50 bits per heavy atom. The van der Waals surface area contributed by atoms with Gasteiger partial charge in [0.1, 0.15) is 0 Å². The number of thiophene rings is 1. The van der Waals surface area contributed by atoms with Gasteiger partial charge in [0, 0.05) is 15.0 Å². The van der Waals surface area contributed by atoms with E-state index in [9.17, 15) is 0 Å². The smallest absolute Gasteiger partial charge is 0.0825 e. The first-order valence-corrected chi connectivity index (χ1v) is 6.57. The fourth-order valence-corrected chi connectivity index (χ4v) is 2.71. The second kappa shape index (κ2) is 5.48. The molecule has 1 aromatic carbocycles. The lowest BCUT2D eigenvalue weighted by molar-refractivity contribution is 0.109. The molecule has 2 rings (SSSR count). The third kappa shape index (κ3) is 3.07. The van der Waals surface area contributed by atoms with Crippen LogP contribution in [0.3, 0.4) is 0 Å². The SMILES string of the molecule is Nc1ccc(COCc2sccc2Br)cc1. The zero-order valence-electron chi connectivity index (χ0n) is 8.65. The lowest BCUT2D eigenvalue weighted by Gasteiger charge is -2.03. The van der Waals surface area contributed by atoms with Crippen LogP contribution in [0.5, 0.6) is 0 Å². The molecule has 2 nitrogen and oxygen atoms in total. The number of anilines is 1. The quantitative estimate of drug-likeness (QED) is 0.871. The Hall–Kier alpha value is -0.840. The molecule has 0 amide bonds. The molecule has 0 saturated carbocycles. The van der Waals surface area contributed by atoms with Gasteiger partial charge in [0.05, 0.1) is 13.2 Å². The highest BCUT2D eigenvalue weighted by molar-refractivity contribution is 9.10. The van der Waals surface area contributed by atoms with Crippen LogP contribution >= 0.6 is 27.3 Å². The van der Waals surface area contributed by atoms with Crippen molar-refractivity contribution in [3.05, 3.63) is 50.6 Å². The molecule has 1 aromatic heterocycles. The summed E-state index contributed by atoms with van der Waals surface area (Å²) in [5.41, 5.74) is 7.53. The summed E-state index contributed by atoms with van der Waals surface area (Å²) in [4.78, 5) is 1.22. The maximum atomic E-state index is 5.62. The lowest BCUT2D eigenvalue weighted by atomic mass is 10.2. The van der Waals surface area contributed by atoms with Gasteiger partial charge >= 0.3 is 0 Å². The predicted molar refractivity (Wildman–Crippen MR) is 71.4 cm³/mol. The molecule has 0 atom stereocenters. The molecular formula is C12H12BrNOS. The number of hydrogen-bond acceptors (Lipinski definition) is 3. The first-order chi connectivity index (χ1) is 7.75. The minimum Gasteiger partial charge on any atom is -0.399 e. The van der Waals surface area contributed by atoms with E-state index < -0.39 is 0 Å². The molecule has 4 heteroatoms. The summed E-state index contributed by atoms with van der Waals surface area (Å²) in [5, 5.41) is 2.05. The molecule has 1 heterocycles. The van der Waals surface area contributed by atoms with E-state index in [2.05, 4.69) is 15.9 Å². The van der Waals surface area contributed by atoms with Gasteiger partial charge in [-0.15, -0.1) is 11.3 Å². The fourth-order valence-electron chi connectivity index (χ4n) is 1.30. The summed E-state index contributed by atoms with van der Waals surface area (Å²) in [6.45, 7) is 1.26. The van der Waals surface area contributed by atoms with Gasteiger partial charge in [-0.05, 0) is 45.1 Å². The zero-order chi connectivity index (χ0) is 11.4. The number of rotatable bonds is 4. The molecule has 0 saturated heterocycles. The minimum atomic E-state index is 0.616. The first kappa shape index (κ1) is 11.6. The number of hydrogen-bond donors (Lipinski definition) is 1. The van der Waals surface area contributed by atoms with E-state index in [1.54, 1.807) is 11.3 Å². The predicted octanol–water partition coefficient (Wildman–Crippen LogP) is 3.81. The van der Waals surface area contributed by atoms with Gasteiger partial charge in [0.2, 0.25) is 0 Å². The molecule has 0 spiro atoms. The summed E-state index contributed by atoms with van der Waals surface area (Å²) in [6, 6.07) is 9.78. The van der Waals surface area contributed by atoms with Gasteiger partial charge in [-0.2, -0.15) is 0 Å². The average Bonchev–Trinajstić information content (AvgIpc) is 2.68. The van der Waals surface area contributed by atoms with Crippen LogP contribution in [0.4, 0.5) is 5.69 Å². The van der Waals surface area contributed by atoms with E-state index in [1.807, 2.05) is 35.7 Å². The van der Waals surface area contributed by atoms with E-state index in [0.29, 0.717) is 13.2 Å². The second-order valence-corrected chi connectivity index (χ2v) is 5.28. The van der Waals surface area contributed by atoms with E-state index in [1.165, 1.54) is 4.88 Å². The molecule has 2 N–H and O–H groups in total. The third-order valence-electron chi connectivity index (χ3n) is 2.17. The maximum Gasteiger partial charge on any atom is 0.0825 e. The number of benzene rings is 1. The maximum absolute atomic E-state index is 5.62. The molecular weight excluding hydrogens is 286 g/mol. The van der Waals surface area contributed by atoms with Crippen LogP contribution in [0.2, 0.25) is 0 Å². The van der Waals surface area contributed by atoms with Crippen molar-refractivity contribution in [3.63, 3.8) is 0 Å². The van der Waals surface area contributed by atoms with Gasteiger partial charge in [0.25, 0.3) is 0 Å². The van der Waals surface area contributed by atoms with Gasteiger partial charge in [-0.1, -0.05) is 12.1 Å². The monoisotopic (exact) mass is 297 g/mol.